The van der Waals surface area contributed by atoms with Gasteiger partial charge in [-0.05, 0) is 43.0 Å². The molecule has 180 valence electrons. The lowest BCUT2D eigenvalue weighted by atomic mass is 9.92. The highest BCUT2D eigenvalue weighted by atomic mass is 35.5. The predicted molar refractivity (Wildman–Crippen MR) is 114 cm³/mol. The van der Waals surface area contributed by atoms with Crippen LogP contribution in [0.2, 0.25) is 5.02 Å². The summed E-state index contributed by atoms with van der Waals surface area (Å²) in [6.07, 6.45) is -0.0356. The number of benzene rings is 1. The molecule has 0 aliphatic carbocycles. The standard InChI is InChI=1S/C19H22ClN3O3.C2HF3O2/c20-16-10-15(23-19(24)18(21)14-5-8-25-9-6-14)3-4-17(16)26-12-13-2-1-7-22-11-13;3-2(4,5)1(6)7/h1-4,7,10-11,14,18H,5-6,8-9,12,21H2,(H,23,24);(H,6,7). The van der Waals surface area contributed by atoms with Crippen LogP contribution in [0.3, 0.4) is 0 Å². The summed E-state index contributed by atoms with van der Waals surface area (Å²) in [6.45, 7) is 1.68. The highest BCUT2D eigenvalue weighted by Gasteiger charge is 2.38. The first-order chi connectivity index (χ1) is 15.6. The lowest BCUT2D eigenvalue weighted by Crippen LogP contribution is -2.44. The van der Waals surface area contributed by atoms with Crippen LogP contribution in [0.15, 0.2) is 42.7 Å². The number of carboxylic acids is 1. The second-order valence-electron chi connectivity index (χ2n) is 7.06. The summed E-state index contributed by atoms with van der Waals surface area (Å²) in [6, 6.07) is 8.36. The van der Waals surface area contributed by atoms with Gasteiger partial charge in [0.05, 0.1) is 11.1 Å². The van der Waals surface area contributed by atoms with Crippen LogP contribution in [0, 0.1) is 5.92 Å². The summed E-state index contributed by atoms with van der Waals surface area (Å²) >= 11 is 6.27. The Labute approximate surface area is 192 Å². The molecule has 2 aromatic rings. The number of nitrogens with zero attached hydrogens (tertiary/aromatic N) is 1. The number of aromatic nitrogens is 1. The van der Waals surface area contributed by atoms with Crippen molar-refractivity contribution in [2.45, 2.75) is 31.7 Å². The van der Waals surface area contributed by atoms with Gasteiger partial charge in [-0.1, -0.05) is 17.7 Å². The van der Waals surface area contributed by atoms with E-state index in [9.17, 15) is 18.0 Å². The maximum Gasteiger partial charge on any atom is 0.490 e. The number of amides is 1. The van der Waals surface area contributed by atoms with E-state index in [1.807, 2.05) is 12.1 Å². The third-order valence-corrected chi connectivity index (χ3v) is 4.93. The Kier molecular flexibility index (Phi) is 9.89. The van der Waals surface area contributed by atoms with Crippen LogP contribution >= 0.6 is 11.6 Å². The van der Waals surface area contributed by atoms with E-state index in [2.05, 4.69) is 10.3 Å². The number of nitrogens with one attached hydrogen (secondary N) is 1. The Morgan fingerprint density at radius 3 is 2.52 bits per heavy atom. The van der Waals surface area contributed by atoms with Crippen molar-refractivity contribution in [1.29, 1.82) is 0 Å². The van der Waals surface area contributed by atoms with Gasteiger partial charge in [-0.15, -0.1) is 0 Å². The number of rotatable bonds is 6. The minimum absolute atomic E-state index is 0.140. The van der Waals surface area contributed by atoms with Crippen LogP contribution < -0.4 is 15.8 Å². The third-order valence-electron chi connectivity index (χ3n) is 4.64. The molecule has 12 heteroatoms. The van der Waals surface area contributed by atoms with Crippen LogP contribution in [0.1, 0.15) is 18.4 Å². The molecule has 1 saturated heterocycles. The van der Waals surface area contributed by atoms with Gasteiger partial charge in [-0.2, -0.15) is 13.2 Å². The van der Waals surface area contributed by atoms with Crippen molar-refractivity contribution in [1.82, 2.24) is 4.98 Å². The van der Waals surface area contributed by atoms with E-state index in [4.69, 9.17) is 36.7 Å². The smallest absolute Gasteiger partial charge is 0.487 e. The minimum atomic E-state index is -5.08. The highest BCUT2D eigenvalue weighted by Crippen LogP contribution is 2.29. The molecule has 0 radical (unpaired) electrons. The molecule has 33 heavy (non-hydrogen) atoms. The number of carbonyl (C=O) groups is 2. The number of hydrogen-bond donors (Lipinski definition) is 3. The van der Waals surface area contributed by atoms with Crippen LogP contribution in [0.4, 0.5) is 18.9 Å². The van der Waals surface area contributed by atoms with Crippen molar-refractivity contribution < 1.29 is 37.3 Å². The van der Waals surface area contributed by atoms with E-state index in [0.29, 0.717) is 36.3 Å². The first-order valence-corrected chi connectivity index (χ1v) is 10.2. The average molecular weight is 490 g/mol. The summed E-state index contributed by atoms with van der Waals surface area (Å²) in [5, 5.41) is 10.4. The number of halogens is 4. The van der Waals surface area contributed by atoms with E-state index in [1.54, 1.807) is 30.6 Å². The van der Waals surface area contributed by atoms with Gasteiger partial charge in [0.25, 0.3) is 0 Å². The van der Waals surface area contributed by atoms with Crippen LogP contribution in [0.5, 0.6) is 5.75 Å². The number of nitrogens with two attached hydrogens (primary N) is 1. The maximum absolute atomic E-state index is 12.4. The Balaban J connectivity index is 0.000000479. The van der Waals surface area contributed by atoms with Gasteiger partial charge in [0, 0.05) is 36.9 Å². The second kappa shape index (κ2) is 12.4. The molecule has 1 atom stereocenters. The monoisotopic (exact) mass is 489 g/mol. The van der Waals surface area contributed by atoms with Gasteiger partial charge in [-0.25, -0.2) is 4.79 Å². The van der Waals surface area contributed by atoms with Crippen LogP contribution in [-0.4, -0.2) is 47.4 Å². The fraction of sp³-hybridized carbons (Fsp3) is 0.381. The summed E-state index contributed by atoms with van der Waals surface area (Å²) in [4.78, 5) is 25.3. The Morgan fingerprint density at radius 1 is 1.30 bits per heavy atom. The molecule has 0 saturated carbocycles. The van der Waals surface area contributed by atoms with E-state index in [1.165, 1.54) is 0 Å². The Bertz CT molecular complexity index is 925. The number of aliphatic carboxylic acids is 1. The van der Waals surface area contributed by atoms with Crippen LogP contribution in [0.25, 0.3) is 0 Å². The van der Waals surface area contributed by atoms with Gasteiger partial charge < -0.3 is 25.6 Å². The largest absolute Gasteiger partial charge is 0.490 e. The zero-order valence-corrected chi connectivity index (χ0v) is 18.1. The second-order valence-corrected chi connectivity index (χ2v) is 7.47. The van der Waals surface area contributed by atoms with Crippen molar-refractivity contribution in [2.75, 3.05) is 18.5 Å². The number of ether oxygens (including phenoxy) is 2. The zero-order valence-electron chi connectivity index (χ0n) is 17.3. The number of anilines is 1. The third kappa shape index (κ3) is 8.87. The first-order valence-electron chi connectivity index (χ1n) is 9.83. The topological polar surface area (TPSA) is 124 Å². The van der Waals surface area contributed by atoms with Gasteiger partial charge in [0.15, 0.2) is 0 Å². The lowest BCUT2D eigenvalue weighted by molar-refractivity contribution is -0.192. The highest BCUT2D eigenvalue weighted by molar-refractivity contribution is 6.32. The molecule has 4 N–H and O–H groups in total. The SMILES string of the molecule is NC(C(=O)Nc1ccc(OCc2cccnc2)c(Cl)c1)C1CCOCC1.O=C(O)C(F)(F)F. The summed E-state index contributed by atoms with van der Waals surface area (Å²) in [5.41, 5.74) is 7.63. The molecule has 1 unspecified atom stereocenters. The molecule has 0 bridgehead atoms. The number of carboxylic acid groups (broad SMARTS) is 1. The molecule has 1 aromatic heterocycles. The van der Waals surface area contributed by atoms with Gasteiger partial charge in [0.2, 0.25) is 5.91 Å². The number of alkyl halides is 3. The number of pyridine rings is 1. The number of hydrogen-bond acceptors (Lipinski definition) is 6. The van der Waals surface area contributed by atoms with Crippen molar-refractivity contribution in [2.24, 2.45) is 11.7 Å². The molecular weight excluding hydrogens is 467 g/mol. The fourth-order valence-corrected chi connectivity index (χ4v) is 3.09. The average Bonchev–Trinajstić information content (AvgIpc) is 2.79. The first kappa shape index (κ1) is 26.4. The number of carbonyl (C=O) groups excluding carboxylic acids is 1. The van der Waals surface area contributed by atoms with E-state index in [-0.39, 0.29) is 11.8 Å². The Hall–Kier alpha value is -2.89. The normalized spacial score (nSPS) is 15.1. The molecule has 2 heterocycles. The zero-order chi connectivity index (χ0) is 24.4. The van der Waals surface area contributed by atoms with Crippen LogP contribution in [-0.2, 0) is 20.9 Å². The summed E-state index contributed by atoms with van der Waals surface area (Å²) in [5.74, 6) is -2.28. The van der Waals surface area contributed by atoms with Gasteiger partial charge >= 0.3 is 12.1 Å². The summed E-state index contributed by atoms with van der Waals surface area (Å²) in [7, 11) is 0. The fourth-order valence-electron chi connectivity index (χ4n) is 2.85. The summed E-state index contributed by atoms with van der Waals surface area (Å²) < 4.78 is 42.7. The van der Waals surface area contributed by atoms with Crippen molar-refractivity contribution in [3.05, 3.63) is 53.3 Å². The van der Waals surface area contributed by atoms with Crippen molar-refractivity contribution >= 4 is 29.2 Å². The molecule has 3 rings (SSSR count). The van der Waals surface area contributed by atoms with Crippen molar-refractivity contribution in [3.63, 3.8) is 0 Å². The maximum atomic E-state index is 12.4. The molecule has 0 spiro atoms. The molecule has 1 aliphatic heterocycles. The van der Waals surface area contributed by atoms with Gasteiger partial charge in [0.1, 0.15) is 12.4 Å². The minimum Gasteiger partial charge on any atom is -0.487 e. The molecule has 1 aliphatic rings. The Morgan fingerprint density at radius 2 is 1.97 bits per heavy atom. The van der Waals surface area contributed by atoms with E-state index in [0.717, 1.165) is 18.4 Å². The molecule has 1 amide bonds. The molecule has 8 nitrogen and oxygen atoms in total. The lowest BCUT2D eigenvalue weighted by Gasteiger charge is -2.26. The molecule has 1 fully saturated rings. The van der Waals surface area contributed by atoms with E-state index < -0.39 is 18.2 Å². The van der Waals surface area contributed by atoms with E-state index >= 15 is 0 Å². The quantitative estimate of drug-likeness (QED) is 0.566. The predicted octanol–water partition coefficient (Wildman–Crippen LogP) is 3.64. The molecule has 1 aromatic carbocycles. The van der Waals surface area contributed by atoms with Gasteiger partial charge in [-0.3, -0.25) is 9.78 Å². The molecular formula is C21H23ClF3N3O5. The van der Waals surface area contributed by atoms with Crippen molar-refractivity contribution in [3.8, 4) is 5.75 Å².